The lowest BCUT2D eigenvalue weighted by Gasteiger charge is -2.12. The van der Waals surface area contributed by atoms with Gasteiger partial charge >= 0.3 is 6.09 Å². The van der Waals surface area contributed by atoms with Crippen LogP contribution in [0, 0.1) is 0 Å². The quantitative estimate of drug-likeness (QED) is 0.521. The molecule has 8 nitrogen and oxygen atoms in total. The highest BCUT2D eigenvalue weighted by molar-refractivity contribution is 5.90. The molecule has 2 N–H and O–H groups in total. The summed E-state index contributed by atoms with van der Waals surface area (Å²) in [6.45, 7) is 0.962. The molecular weight excluding hydrogens is 368 g/mol. The van der Waals surface area contributed by atoms with E-state index in [1.165, 1.54) is 5.39 Å². The Labute approximate surface area is 170 Å². The van der Waals surface area contributed by atoms with Crippen LogP contribution in [0.25, 0.3) is 10.9 Å². The van der Waals surface area contributed by atoms with Crippen molar-refractivity contribution in [2.45, 2.75) is 70.4 Å². The third-order valence-corrected chi connectivity index (χ3v) is 5.55. The Balaban J connectivity index is 1.25. The minimum Gasteiger partial charge on any atom is -0.446 e. The summed E-state index contributed by atoms with van der Waals surface area (Å²) in [6.07, 6.45) is 11.5. The topological polar surface area (TPSA) is 97.7 Å². The number of hydrogen-bond donors (Lipinski definition) is 2. The number of carbonyl (C=O) groups excluding carboxylic acids is 1. The average molecular weight is 396 g/mol. The first kappa shape index (κ1) is 19.4. The van der Waals surface area contributed by atoms with Crippen LogP contribution in [0.5, 0.6) is 0 Å². The van der Waals surface area contributed by atoms with Gasteiger partial charge in [-0.25, -0.2) is 9.89 Å². The lowest BCUT2D eigenvalue weighted by atomic mass is 10.1. The van der Waals surface area contributed by atoms with E-state index in [-0.39, 0.29) is 12.2 Å². The number of carbonyl (C=O) groups is 1. The fourth-order valence-corrected chi connectivity index (χ4v) is 3.97. The number of nitrogens with zero attached hydrogens (tertiary/aromatic N) is 4. The van der Waals surface area contributed by atoms with Crippen molar-refractivity contribution in [3.8, 4) is 0 Å². The number of amides is 1. The van der Waals surface area contributed by atoms with Gasteiger partial charge in [-0.05, 0) is 72.5 Å². The van der Waals surface area contributed by atoms with Gasteiger partial charge in [0, 0.05) is 24.8 Å². The second-order valence-corrected chi connectivity index (χ2v) is 7.73. The second kappa shape index (κ2) is 9.54. The number of aromatic amines is 1. The first-order valence-corrected chi connectivity index (χ1v) is 10.6. The highest BCUT2D eigenvalue weighted by atomic mass is 16.6. The summed E-state index contributed by atoms with van der Waals surface area (Å²) in [5.41, 5.74) is 1.91. The van der Waals surface area contributed by atoms with Gasteiger partial charge in [0.05, 0.1) is 5.52 Å². The smallest absolute Gasteiger partial charge is 0.411 e. The zero-order chi connectivity index (χ0) is 19.9. The van der Waals surface area contributed by atoms with Gasteiger partial charge in [0.2, 0.25) is 0 Å². The number of anilines is 1. The van der Waals surface area contributed by atoms with Crippen molar-refractivity contribution in [1.82, 2.24) is 25.2 Å². The van der Waals surface area contributed by atoms with Gasteiger partial charge in [-0.15, -0.1) is 5.10 Å². The van der Waals surface area contributed by atoms with E-state index in [4.69, 9.17) is 4.74 Å². The number of H-pyrrole nitrogens is 1. The first-order chi connectivity index (χ1) is 14.3. The fourth-order valence-electron chi connectivity index (χ4n) is 3.97. The molecule has 0 atom stereocenters. The highest BCUT2D eigenvalue weighted by Gasteiger charge is 2.19. The monoisotopic (exact) mass is 396 g/mol. The van der Waals surface area contributed by atoms with Crippen molar-refractivity contribution in [1.29, 1.82) is 0 Å². The normalized spacial score (nSPS) is 14.5. The maximum absolute atomic E-state index is 12.1. The SMILES string of the molecule is O=C(Nc1ccc2ccn(CCCCCCc3nnn[nH]3)c2c1)OC1CCCC1. The molecule has 1 saturated carbocycles. The van der Waals surface area contributed by atoms with Gasteiger partial charge in [-0.2, -0.15) is 0 Å². The molecule has 8 heteroatoms. The van der Waals surface area contributed by atoms with E-state index in [0.29, 0.717) is 0 Å². The van der Waals surface area contributed by atoms with E-state index in [9.17, 15) is 4.79 Å². The number of rotatable bonds is 9. The van der Waals surface area contributed by atoms with Gasteiger partial charge in [0.15, 0.2) is 0 Å². The van der Waals surface area contributed by atoms with Gasteiger partial charge < -0.3 is 9.30 Å². The number of unbranched alkanes of at least 4 members (excludes halogenated alkanes) is 3. The predicted octanol–water partition coefficient (Wildman–Crippen LogP) is 4.45. The maximum Gasteiger partial charge on any atom is 0.411 e. The fraction of sp³-hybridized carbons (Fsp3) is 0.524. The Morgan fingerprint density at radius 2 is 2.03 bits per heavy atom. The Kier molecular flexibility index (Phi) is 6.38. The van der Waals surface area contributed by atoms with E-state index >= 15 is 0 Å². The maximum atomic E-state index is 12.1. The number of benzene rings is 1. The number of hydrogen-bond acceptors (Lipinski definition) is 5. The molecule has 154 valence electrons. The Hall–Kier alpha value is -2.90. The molecule has 0 bridgehead atoms. The molecule has 1 aliphatic rings. The molecular formula is C21H28N6O2. The number of tetrazole rings is 1. The largest absolute Gasteiger partial charge is 0.446 e. The Bertz CT molecular complexity index is 915. The first-order valence-electron chi connectivity index (χ1n) is 10.6. The number of aryl methyl sites for hydroxylation is 2. The predicted molar refractivity (Wildman–Crippen MR) is 111 cm³/mol. The van der Waals surface area contributed by atoms with Crippen molar-refractivity contribution in [2.24, 2.45) is 0 Å². The summed E-state index contributed by atoms with van der Waals surface area (Å²) in [7, 11) is 0. The molecule has 0 radical (unpaired) electrons. The third kappa shape index (κ3) is 5.34. The number of ether oxygens (including phenoxy) is 1. The molecule has 1 aliphatic carbocycles. The van der Waals surface area contributed by atoms with Crippen molar-refractivity contribution in [3.05, 3.63) is 36.3 Å². The average Bonchev–Trinajstić information content (AvgIpc) is 3.47. The molecule has 0 spiro atoms. The zero-order valence-electron chi connectivity index (χ0n) is 16.6. The lowest BCUT2D eigenvalue weighted by Crippen LogP contribution is -2.20. The van der Waals surface area contributed by atoms with Crippen molar-refractivity contribution in [3.63, 3.8) is 0 Å². The summed E-state index contributed by atoms with van der Waals surface area (Å²) in [6, 6.07) is 8.12. The van der Waals surface area contributed by atoms with E-state index in [1.807, 2.05) is 18.2 Å². The molecule has 1 aromatic carbocycles. The van der Waals surface area contributed by atoms with Crippen LogP contribution < -0.4 is 5.32 Å². The van der Waals surface area contributed by atoms with Crippen LogP contribution in [0.4, 0.5) is 10.5 Å². The van der Waals surface area contributed by atoms with Gasteiger partial charge in [0.1, 0.15) is 11.9 Å². The van der Waals surface area contributed by atoms with E-state index in [1.54, 1.807) is 0 Å². The molecule has 29 heavy (non-hydrogen) atoms. The number of aromatic nitrogens is 5. The van der Waals surface area contributed by atoms with Crippen LogP contribution in [0.15, 0.2) is 30.5 Å². The van der Waals surface area contributed by atoms with E-state index in [2.05, 4.69) is 42.8 Å². The molecule has 4 rings (SSSR count). The Morgan fingerprint density at radius 3 is 2.86 bits per heavy atom. The summed E-state index contributed by atoms with van der Waals surface area (Å²) >= 11 is 0. The minimum atomic E-state index is -0.351. The van der Waals surface area contributed by atoms with Crippen molar-refractivity contribution >= 4 is 22.7 Å². The number of fused-ring (bicyclic) bond motifs is 1. The second-order valence-electron chi connectivity index (χ2n) is 7.73. The van der Waals surface area contributed by atoms with Crippen LogP contribution in [-0.2, 0) is 17.7 Å². The summed E-state index contributed by atoms with van der Waals surface area (Å²) in [4.78, 5) is 12.1. The zero-order valence-corrected chi connectivity index (χ0v) is 16.6. The van der Waals surface area contributed by atoms with Crippen LogP contribution in [0.2, 0.25) is 0 Å². The van der Waals surface area contributed by atoms with Gasteiger partial charge in [-0.1, -0.05) is 18.9 Å². The van der Waals surface area contributed by atoms with Crippen LogP contribution in [0.3, 0.4) is 0 Å². The molecule has 0 saturated heterocycles. The summed E-state index contributed by atoms with van der Waals surface area (Å²) < 4.78 is 7.75. The molecule has 0 aliphatic heterocycles. The standard InChI is InChI=1S/C21H28N6O2/c28-21(29-18-7-4-5-8-18)22-17-11-10-16-12-14-27(19(16)15-17)13-6-2-1-3-9-20-23-25-26-24-20/h10-12,14-15,18H,1-9,13H2,(H,22,28)(H,23,24,25,26). The lowest BCUT2D eigenvalue weighted by molar-refractivity contribution is 0.114. The van der Waals surface area contributed by atoms with Crippen molar-refractivity contribution < 1.29 is 9.53 Å². The highest BCUT2D eigenvalue weighted by Crippen LogP contribution is 2.24. The third-order valence-electron chi connectivity index (χ3n) is 5.55. The molecule has 0 unspecified atom stereocenters. The van der Waals surface area contributed by atoms with E-state index < -0.39 is 0 Å². The van der Waals surface area contributed by atoms with Gasteiger partial charge in [-0.3, -0.25) is 5.32 Å². The summed E-state index contributed by atoms with van der Waals surface area (Å²) in [5.74, 6) is 0.855. The molecule has 1 amide bonds. The molecule has 3 aromatic rings. The molecule has 2 aromatic heterocycles. The van der Waals surface area contributed by atoms with Gasteiger partial charge in [0.25, 0.3) is 0 Å². The minimum absolute atomic E-state index is 0.0721. The van der Waals surface area contributed by atoms with E-state index in [0.717, 1.165) is 81.4 Å². The number of nitrogens with one attached hydrogen (secondary N) is 2. The summed E-state index contributed by atoms with van der Waals surface area (Å²) in [5, 5.41) is 17.9. The van der Waals surface area contributed by atoms with Crippen molar-refractivity contribution in [2.75, 3.05) is 5.32 Å². The van der Waals surface area contributed by atoms with Crippen LogP contribution >= 0.6 is 0 Å². The van der Waals surface area contributed by atoms with Crippen LogP contribution in [0.1, 0.15) is 57.2 Å². The molecule has 2 heterocycles. The Morgan fingerprint density at radius 1 is 1.17 bits per heavy atom. The molecule has 1 fully saturated rings. The van der Waals surface area contributed by atoms with Crippen LogP contribution in [-0.4, -0.2) is 37.4 Å².